The van der Waals surface area contributed by atoms with Crippen LogP contribution in [0.3, 0.4) is 0 Å². The molecule has 0 aliphatic heterocycles. The molecule has 0 unspecified atom stereocenters. The normalized spacial score (nSPS) is 11.7. The fourth-order valence-corrected chi connectivity index (χ4v) is 2.05. The molecular weight excluding hydrogens is 307 g/mol. The van der Waals surface area contributed by atoms with Gasteiger partial charge in [-0.05, 0) is 42.0 Å². The highest BCUT2D eigenvalue weighted by Crippen LogP contribution is 2.11. The van der Waals surface area contributed by atoms with Crippen LogP contribution in [0.1, 0.15) is 15.9 Å². The van der Waals surface area contributed by atoms with Crippen molar-refractivity contribution in [3.63, 3.8) is 0 Å². The summed E-state index contributed by atoms with van der Waals surface area (Å²) in [4.78, 5) is 23.6. The summed E-state index contributed by atoms with van der Waals surface area (Å²) in [6.07, 6.45) is 0.249. The second-order valence-electron chi connectivity index (χ2n) is 4.77. The molecule has 0 radical (unpaired) electrons. The molecule has 0 spiro atoms. The molecule has 0 aromatic heterocycles. The van der Waals surface area contributed by atoms with Gasteiger partial charge in [-0.15, -0.1) is 0 Å². The highest BCUT2D eigenvalue weighted by molar-refractivity contribution is 6.30. The number of amides is 2. The van der Waals surface area contributed by atoms with Gasteiger partial charge in [0.2, 0.25) is 5.91 Å². The molecule has 22 heavy (non-hydrogen) atoms. The van der Waals surface area contributed by atoms with E-state index in [-0.39, 0.29) is 12.0 Å². The lowest BCUT2D eigenvalue weighted by Gasteiger charge is -2.15. The van der Waals surface area contributed by atoms with Crippen LogP contribution in [0.4, 0.5) is 4.39 Å². The zero-order valence-electron chi connectivity index (χ0n) is 11.6. The number of primary amides is 1. The van der Waals surface area contributed by atoms with Crippen LogP contribution in [-0.2, 0) is 11.2 Å². The van der Waals surface area contributed by atoms with Crippen LogP contribution in [0, 0.1) is 5.82 Å². The molecule has 2 amide bonds. The van der Waals surface area contributed by atoms with Gasteiger partial charge in [-0.2, -0.15) is 0 Å². The molecule has 0 aliphatic rings. The van der Waals surface area contributed by atoms with E-state index in [1.165, 1.54) is 24.3 Å². The Morgan fingerprint density at radius 1 is 1.09 bits per heavy atom. The average Bonchev–Trinajstić information content (AvgIpc) is 2.49. The first-order chi connectivity index (χ1) is 10.5. The maximum Gasteiger partial charge on any atom is 0.251 e. The van der Waals surface area contributed by atoms with Gasteiger partial charge >= 0.3 is 0 Å². The zero-order chi connectivity index (χ0) is 16.1. The Morgan fingerprint density at radius 2 is 1.68 bits per heavy atom. The summed E-state index contributed by atoms with van der Waals surface area (Å²) in [6, 6.07) is 11.0. The number of nitrogens with two attached hydrogens (primary N) is 1. The first-order valence-electron chi connectivity index (χ1n) is 6.56. The van der Waals surface area contributed by atoms with Crippen LogP contribution in [0.5, 0.6) is 0 Å². The number of halogens is 2. The van der Waals surface area contributed by atoms with E-state index in [1.807, 2.05) is 0 Å². The van der Waals surface area contributed by atoms with E-state index in [0.717, 1.165) is 5.56 Å². The van der Waals surface area contributed by atoms with Crippen LogP contribution in [0.25, 0.3) is 0 Å². The highest BCUT2D eigenvalue weighted by atomic mass is 35.5. The first kappa shape index (κ1) is 16.0. The van der Waals surface area contributed by atoms with E-state index in [1.54, 1.807) is 24.3 Å². The third kappa shape index (κ3) is 4.30. The van der Waals surface area contributed by atoms with Gasteiger partial charge in [0, 0.05) is 17.0 Å². The van der Waals surface area contributed by atoms with E-state index < -0.39 is 23.7 Å². The van der Waals surface area contributed by atoms with Crippen molar-refractivity contribution in [2.24, 2.45) is 5.73 Å². The highest BCUT2D eigenvalue weighted by Gasteiger charge is 2.19. The average molecular weight is 321 g/mol. The summed E-state index contributed by atoms with van der Waals surface area (Å²) in [5, 5.41) is 3.12. The van der Waals surface area contributed by atoms with Gasteiger partial charge in [-0.25, -0.2) is 4.39 Å². The predicted octanol–water partition coefficient (Wildman–Crippen LogP) is 2.31. The van der Waals surface area contributed by atoms with Gasteiger partial charge < -0.3 is 11.1 Å². The van der Waals surface area contributed by atoms with Crippen LogP contribution < -0.4 is 11.1 Å². The van der Waals surface area contributed by atoms with E-state index in [4.69, 9.17) is 17.3 Å². The lowest BCUT2D eigenvalue weighted by atomic mass is 10.0. The second-order valence-corrected chi connectivity index (χ2v) is 5.20. The van der Waals surface area contributed by atoms with Crippen molar-refractivity contribution < 1.29 is 14.0 Å². The number of hydrogen-bond donors (Lipinski definition) is 2. The zero-order valence-corrected chi connectivity index (χ0v) is 12.3. The van der Waals surface area contributed by atoms with E-state index in [2.05, 4.69) is 5.32 Å². The summed E-state index contributed by atoms with van der Waals surface area (Å²) >= 11 is 5.80. The molecular formula is C16H14ClFN2O2. The SMILES string of the molecule is NC(=O)[C@H](Cc1ccc(Cl)cc1)NC(=O)c1ccc(F)cc1. The molecule has 0 saturated carbocycles. The first-order valence-corrected chi connectivity index (χ1v) is 6.93. The Kier molecular flexibility index (Phi) is 5.12. The summed E-state index contributed by atoms with van der Waals surface area (Å²) in [5.41, 5.74) is 6.39. The molecule has 3 N–H and O–H groups in total. The molecule has 2 rings (SSSR count). The fraction of sp³-hybridized carbons (Fsp3) is 0.125. The van der Waals surface area contributed by atoms with Crippen molar-refractivity contribution >= 4 is 23.4 Å². The standard InChI is InChI=1S/C16H14ClFN2O2/c17-12-5-1-10(2-6-12)9-14(15(19)21)20-16(22)11-3-7-13(18)8-4-11/h1-8,14H,9H2,(H2,19,21)(H,20,22)/t14-/m0/s1. The van der Waals surface area contributed by atoms with Gasteiger partial charge in [-0.1, -0.05) is 23.7 Å². The Balaban J connectivity index is 2.08. The van der Waals surface area contributed by atoms with Gasteiger partial charge in [0.1, 0.15) is 11.9 Å². The van der Waals surface area contributed by atoms with E-state index in [0.29, 0.717) is 5.02 Å². The maximum absolute atomic E-state index is 12.8. The molecule has 1 atom stereocenters. The minimum absolute atomic E-state index is 0.249. The molecule has 6 heteroatoms. The van der Waals surface area contributed by atoms with Crippen molar-refractivity contribution in [2.75, 3.05) is 0 Å². The Morgan fingerprint density at radius 3 is 2.23 bits per heavy atom. The smallest absolute Gasteiger partial charge is 0.251 e. The molecule has 4 nitrogen and oxygen atoms in total. The van der Waals surface area contributed by atoms with Crippen LogP contribution in [0.2, 0.25) is 5.02 Å². The van der Waals surface area contributed by atoms with E-state index in [9.17, 15) is 14.0 Å². The fourth-order valence-electron chi connectivity index (χ4n) is 1.92. The van der Waals surface area contributed by atoms with Crippen LogP contribution in [-0.4, -0.2) is 17.9 Å². The molecule has 0 bridgehead atoms. The number of hydrogen-bond acceptors (Lipinski definition) is 2. The summed E-state index contributed by atoms with van der Waals surface area (Å²) in [7, 11) is 0. The molecule has 114 valence electrons. The molecule has 0 heterocycles. The molecule has 0 aliphatic carbocycles. The maximum atomic E-state index is 12.8. The second kappa shape index (κ2) is 7.04. The van der Waals surface area contributed by atoms with Crippen molar-refractivity contribution in [1.82, 2.24) is 5.32 Å². The Bertz CT molecular complexity index is 672. The minimum Gasteiger partial charge on any atom is -0.368 e. The topological polar surface area (TPSA) is 72.2 Å². The molecule has 2 aromatic carbocycles. The number of rotatable bonds is 5. The number of nitrogens with one attached hydrogen (secondary N) is 1. The van der Waals surface area contributed by atoms with Gasteiger partial charge in [-0.3, -0.25) is 9.59 Å². The summed E-state index contributed by atoms with van der Waals surface area (Å²) in [5.74, 6) is -1.58. The Hall–Kier alpha value is -2.40. The third-order valence-electron chi connectivity index (χ3n) is 3.11. The van der Waals surface area contributed by atoms with Gasteiger partial charge in [0.15, 0.2) is 0 Å². The quantitative estimate of drug-likeness (QED) is 0.887. The van der Waals surface area contributed by atoms with E-state index >= 15 is 0 Å². The van der Waals surface area contributed by atoms with Crippen molar-refractivity contribution in [3.8, 4) is 0 Å². The number of benzene rings is 2. The summed E-state index contributed by atoms with van der Waals surface area (Å²) < 4.78 is 12.8. The lowest BCUT2D eigenvalue weighted by molar-refractivity contribution is -0.119. The van der Waals surface area contributed by atoms with Gasteiger partial charge in [0.25, 0.3) is 5.91 Å². The number of carbonyl (C=O) groups excluding carboxylic acids is 2. The Labute approximate surface area is 132 Å². The number of carbonyl (C=O) groups is 2. The van der Waals surface area contributed by atoms with Crippen LogP contribution in [0.15, 0.2) is 48.5 Å². The molecule has 0 saturated heterocycles. The molecule has 2 aromatic rings. The summed E-state index contributed by atoms with van der Waals surface area (Å²) in [6.45, 7) is 0. The van der Waals surface area contributed by atoms with Gasteiger partial charge in [0.05, 0.1) is 0 Å². The van der Waals surface area contributed by atoms with Crippen molar-refractivity contribution in [2.45, 2.75) is 12.5 Å². The van der Waals surface area contributed by atoms with Crippen molar-refractivity contribution in [3.05, 3.63) is 70.5 Å². The third-order valence-corrected chi connectivity index (χ3v) is 3.36. The van der Waals surface area contributed by atoms with Crippen LogP contribution >= 0.6 is 11.6 Å². The minimum atomic E-state index is -0.862. The van der Waals surface area contributed by atoms with Crippen molar-refractivity contribution in [1.29, 1.82) is 0 Å². The molecule has 0 fully saturated rings. The lowest BCUT2D eigenvalue weighted by Crippen LogP contribution is -2.45. The largest absolute Gasteiger partial charge is 0.368 e. The monoisotopic (exact) mass is 320 g/mol. The predicted molar refractivity (Wildman–Crippen MR) is 82.0 cm³/mol.